The second-order valence-corrected chi connectivity index (χ2v) is 14.1. The predicted molar refractivity (Wildman–Crippen MR) is 163 cm³/mol. The summed E-state index contributed by atoms with van der Waals surface area (Å²) in [6.45, 7) is 5.41. The van der Waals surface area contributed by atoms with Crippen LogP contribution in [-0.2, 0) is 16.1 Å². The molecule has 0 aromatic heterocycles. The molecule has 2 saturated heterocycles. The van der Waals surface area contributed by atoms with E-state index in [0.717, 1.165) is 79.0 Å². The van der Waals surface area contributed by atoms with Gasteiger partial charge in [0.05, 0.1) is 18.8 Å². The number of hydrogen-bond acceptors (Lipinski definition) is 5. The smallest absolute Gasteiger partial charge is 0.319 e. The van der Waals surface area contributed by atoms with Gasteiger partial charge in [0.2, 0.25) is 0 Å². The molecule has 8 rings (SSSR count). The summed E-state index contributed by atoms with van der Waals surface area (Å²) in [5, 5.41) is 16.0. The van der Waals surface area contributed by atoms with E-state index in [1.165, 1.54) is 38.5 Å². The molecule has 2 heterocycles. The zero-order valence-electron chi connectivity index (χ0n) is 25.0. The van der Waals surface area contributed by atoms with E-state index >= 15 is 0 Å². The summed E-state index contributed by atoms with van der Waals surface area (Å²) in [5.74, 6) is 2.56. The van der Waals surface area contributed by atoms with Crippen molar-refractivity contribution in [1.29, 1.82) is 0 Å². The van der Waals surface area contributed by atoms with Gasteiger partial charge in [-0.25, -0.2) is 4.79 Å². The predicted octanol–water partition coefficient (Wildman–Crippen LogP) is 6.55. The summed E-state index contributed by atoms with van der Waals surface area (Å²) < 4.78 is 13.3. The number of likely N-dealkylation sites (tertiary alicyclic amines) is 1. The van der Waals surface area contributed by atoms with Gasteiger partial charge in [-0.15, -0.1) is 0 Å². The van der Waals surface area contributed by atoms with Crippen LogP contribution in [0, 0.1) is 23.7 Å². The Morgan fingerprint density at radius 3 is 2.12 bits per heavy atom. The second-order valence-electron chi connectivity index (χ2n) is 14.1. The first-order chi connectivity index (χ1) is 20.4. The average molecular weight is 574 g/mol. The lowest BCUT2D eigenvalue weighted by atomic mass is 9.53. The summed E-state index contributed by atoms with van der Waals surface area (Å²) in [5.41, 5.74) is 3.74. The minimum Gasteiger partial charge on any atom is -0.392 e. The van der Waals surface area contributed by atoms with Gasteiger partial charge in [-0.05, 0) is 105 Å². The van der Waals surface area contributed by atoms with Crippen molar-refractivity contribution in [2.45, 2.75) is 95.4 Å². The molecule has 0 spiro atoms. The molecule has 42 heavy (non-hydrogen) atoms. The lowest BCUT2D eigenvalue weighted by Crippen LogP contribution is -2.60. The molecule has 7 nitrogen and oxygen atoms in total. The lowest BCUT2D eigenvalue weighted by molar-refractivity contribution is -0.276. The van der Waals surface area contributed by atoms with Gasteiger partial charge < -0.3 is 30.1 Å². The zero-order valence-corrected chi connectivity index (χ0v) is 25.0. The first-order valence-corrected chi connectivity index (χ1v) is 16.4. The van der Waals surface area contributed by atoms with E-state index < -0.39 is 6.29 Å². The van der Waals surface area contributed by atoms with E-state index in [2.05, 4.69) is 34.6 Å². The highest BCUT2D eigenvalue weighted by atomic mass is 16.7. The number of hydrogen-bond donors (Lipinski definition) is 3. The minimum atomic E-state index is -0.492. The summed E-state index contributed by atoms with van der Waals surface area (Å²) in [6.07, 6.45) is 10.7. The molecule has 0 unspecified atom stereocenters. The Balaban J connectivity index is 1.04. The van der Waals surface area contributed by atoms with E-state index in [1.54, 1.807) is 0 Å². The van der Waals surface area contributed by atoms with Crippen LogP contribution in [0.15, 0.2) is 48.5 Å². The highest BCUT2D eigenvalue weighted by molar-refractivity contribution is 5.89. The van der Waals surface area contributed by atoms with Crippen LogP contribution in [0.2, 0.25) is 0 Å². The normalized spacial score (nSPS) is 36.1. The number of amides is 2. The minimum absolute atomic E-state index is 0.00694. The summed E-state index contributed by atoms with van der Waals surface area (Å²) in [4.78, 5) is 15.6. The topological polar surface area (TPSA) is 83.1 Å². The van der Waals surface area contributed by atoms with E-state index in [9.17, 15) is 9.90 Å². The highest BCUT2D eigenvalue weighted by Gasteiger charge is 2.51. The number of ether oxygens (including phenoxy) is 2. The van der Waals surface area contributed by atoms with Crippen LogP contribution < -0.4 is 10.6 Å². The van der Waals surface area contributed by atoms with Crippen LogP contribution in [0.5, 0.6) is 0 Å². The van der Waals surface area contributed by atoms with Crippen LogP contribution in [0.3, 0.4) is 0 Å². The lowest BCUT2D eigenvalue weighted by Gasteiger charge is -2.56. The molecule has 6 fully saturated rings. The van der Waals surface area contributed by atoms with Crippen molar-refractivity contribution in [3.05, 3.63) is 65.2 Å². The van der Waals surface area contributed by atoms with Gasteiger partial charge in [-0.1, -0.05) is 49.7 Å². The molecule has 2 amide bonds. The highest BCUT2D eigenvalue weighted by Crippen LogP contribution is 2.55. The van der Waals surface area contributed by atoms with Crippen molar-refractivity contribution in [3.63, 3.8) is 0 Å². The van der Waals surface area contributed by atoms with E-state index in [-0.39, 0.29) is 36.3 Å². The number of rotatable bonds is 7. The van der Waals surface area contributed by atoms with Gasteiger partial charge in [-0.2, -0.15) is 0 Å². The number of carbonyl (C=O) groups is 1. The quantitative estimate of drug-likeness (QED) is 0.350. The SMILES string of the molecule is C[C@@H]1[C@H](CN2CCCCC2)O[C@H](c2ccc(NC(=O)NC34CC5CC(CC(C5)C3)C4)cc2)O[C@@H]1c1ccc(CO)cc1. The van der Waals surface area contributed by atoms with Crippen molar-refractivity contribution in [1.82, 2.24) is 10.2 Å². The summed E-state index contributed by atoms with van der Waals surface area (Å²) in [6, 6.07) is 16.0. The maximum Gasteiger partial charge on any atom is 0.319 e. The van der Waals surface area contributed by atoms with E-state index in [4.69, 9.17) is 9.47 Å². The number of nitrogens with one attached hydrogen (secondary N) is 2. The van der Waals surface area contributed by atoms with Crippen molar-refractivity contribution < 1.29 is 19.4 Å². The van der Waals surface area contributed by atoms with Crippen LogP contribution in [-0.4, -0.2) is 47.3 Å². The molecule has 4 aliphatic carbocycles. The molecule has 2 aliphatic heterocycles. The third-order valence-corrected chi connectivity index (χ3v) is 10.9. The number of piperidine rings is 1. The monoisotopic (exact) mass is 573 g/mol. The van der Waals surface area contributed by atoms with Gasteiger partial charge in [0, 0.05) is 29.3 Å². The standard InChI is InChI=1S/C35H47N3O4/c1-23-31(21-38-13-3-2-4-14-38)41-33(42-32(23)28-7-5-24(22-39)6-8-28)29-9-11-30(12-10-29)36-34(40)37-35-18-25-15-26(19-35)17-27(16-25)20-35/h5-12,23,25-27,31-33,39H,2-4,13-22H2,1H3,(H2,36,37,40)/t23-,25?,26?,27?,31+,32+,33+,35?/m1/s1. The molecule has 4 atom stereocenters. The fourth-order valence-electron chi connectivity index (χ4n) is 9.12. The first kappa shape index (κ1) is 28.3. The van der Waals surface area contributed by atoms with E-state index in [1.807, 2.05) is 36.4 Å². The van der Waals surface area contributed by atoms with Crippen LogP contribution in [0.25, 0.3) is 0 Å². The number of urea groups is 1. The van der Waals surface area contributed by atoms with Crippen molar-refractivity contribution in [2.24, 2.45) is 23.7 Å². The van der Waals surface area contributed by atoms with Crippen molar-refractivity contribution in [2.75, 3.05) is 25.0 Å². The van der Waals surface area contributed by atoms with Crippen molar-refractivity contribution in [3.8, 4) is 0 Å². The van der Waals surface area contributed by atoms with Crippen molar-refractivity contribution >= 4 is 11.7 Å². The molecule has 226 valence electrons. The first-order valence-electron chi connectivity index (χ1n) is 16.4. The molecule has 2 aromatic carbocycles. The number of anilines is 1. The number of aliphatic hydroxyl groups excluding tert-OH is 1. The van der Waals surface area contributed by atoms with Gasteiger partial charge in [-0.3, -0.25) is 0 Å². The Bertz CT molecular complexity index is 1190. The third kappa shape index (κ3) is 5.99. The second kappa shape index (κ2) is 11.9. The molecule has 3 N–H and O–H groups in total. The van der Waals surface area contributed by atoms with Crippen LogP contribution >= 0.6 is 0 Å². The molecule has 4 bridgehead atoms. The number of benzene rings is 2. The van der Waals surface area contributed by atoms with Gasteiger partial charge in [0.25, 0.3) is 0 Å². The molecular formula is C35H47N3O4. The van der Waals surface area contributed by atoms with Gasteiger partial charge in [0.1, 0.15) is 0 Å². The number of aliphatic hydroxyl groups is 1. The van der Waals surface area contributed by atoms with Gasteiger partial charge >= 0.3 is 6.03 Å². The fourth-order valence-corrected chi connectivity index (χ4v) is 9.12. The Kier molecular flexibility index (Phi) is 8.03. The molecule has 4 saturated carbocycles. The van der Waals surface area contributed by atoms with E-state index in [0.29, 0.717) is 0 Å². The molecule has 7 heteroatoms. The Morgan fingerprint density at radius 2 is 1.50 bits per heavy atom. The molecule has 2 aromatic rings. The summed E-state index contributed by atoms with van der Waals surface area (Å²) in [7, 11) is 0. The fraction of sp³-hybridized carbons (Fsp3) is 0.629. The van der Waals surface area contributed by atoms with Crippen LogP contribution in [0.1, 0.15) is 93.8 Å². The Morgan fingerprint density at radius 1 is 0.881 bits per heavy atom. The largest absolute Gasteiger partial charge is 0.392 e. The Labute approximate surface area is 250 Å². The maximum absolute atomic E-state index is 13.1. The van der Waals surface area contributed by atoms with Crippen LogP contribution in [0.4, 0.5) is 10.5 Å². The molecule has 0 radical (unpaired) electrons. The zero-order chi connectivity index (χ0) is 28.7. The third-order valence-electron chi connectivity index (χ3n) is 10.9. The average Bonchev–Trinajstić information content (AvgIpc) is 2.98. The molecular weight excluding hydrogens is 526 g/mol. The maximum atomic E-state index is 13.1. The molecule has 6 aliphatic rings. The summed E-state index contributed by atoms with van der Waals surface area (Å²) >= 11 is 0. The van der Waals surface area contributed by atoms with Gasteiger partial charge in [0.15, 0.2) is 6.29 Å². The Hall–Kier alpha value is -2.45. The number of carbonyl (C=O) groups excluding carboxylic acids is 1. The number of nitrogens with zero attached hydrogens (tertiary/aromatic N) is 1.